The van der Waals surface area contributed by atoms with Crippen LogP contribution in [0.4, 0.5) is 8.78 Å². The van der Waals surface area contributed by atoms with Gasteiger partial charge in [-0.2, -0.15) is 0 Å². The summed E-state index contributed by atoms with van der Waals surface area (Å²) in [6, 6.07) is 5.75. The Kier molecular flexibility index (Phi) is 6.86. The van der Waals surface area contributed by atoms with Gasteiger partial charge in [-0.15, -0.1) is 0 Å². The summed E-state index contributed by atoms with van der Waals surface area (Å²) in [6.45, 7) is 6.19. The fourth-order valence-electron chi connectivity index (χ4n) is 2.79. The van der Waals surface area contributed by atoms with Gasteiger partial charge in [-0.25, -0.2) is 8.78 Å². The Morgan fingerprint density at radius 1 is 1.18 bits per heavy atom. The second-order valence-corrected chi connectivity index (χ2v) is 5.89. The van der Waals surface area contributed by atoms with Crippen molar-refractivity contribution in [1.82, 2.24) is 9.80 Å². The molecule has 1 aromatic rings. The van der Waals surface area contributed by atoms with Gasteiger partial charge in [-0.3, -0.25) is 9.80 Å². The van der Waals surface area contributed by atoms with Crippen LogP contribution in [0.1, 0.15) is 18.9 Å². The summed E-state index contributed by atoms with van der Waals surface area (Å²) in [7, 11) is 0. The molecule has 0 spiro atoms. The Balaban J connectivity index is 1.98. The van der Waals surface area contributed by atoms with Crippen LogP contribution >= 0.6 is 11.6 Å². The van der Waals surface area contributed by atoms with Gasteiger partial charge in [-0.1, -0.05) is 23.7 Å². The van der Waals surface area contributed by atoms with Gasteiger partial charge < -0.3 is 4.74 Å². The standard InChI is InChI=1S/C16H23ClF2N2O/c1-2-22-16-13(5-3-6-14(16)17)11-20-7-4-8-21(10-9-20)12-15(18)19/h3,5-6,15H,2,4,7-12H2,1H3. The van der Waals surface area contributed by atoms with Crippen molar-refractivity contribution in [3.05, 3.63) is 28.8 Å². The summed E-state index contributed by atoms with van der Waals surface area (Å²) in [5.41, 5.74) is 1.05. The van der Waals surface area contributed by atoms with Gasteiger partial charge in [0.2, 0.25) is 0 Å². The van der Waals surface area contributed by atoms with E-state index in [-0.39, 0.29) is 6.54 Å². The summed E-state index contributed by atoms with van der Waals surface area (Å²) in [6.07, 6.45) is -1.36. The average Bonchev–Trinajstić information content (AvgIpc) is 2.68. The highest BCUT2D eigenvalue weighted by Crippen LogP contribution is 2.29. The molecule has 2 rings (SSSR count). The first kappa shape index (κ1) is 17.4. The molecule has 1 saturated heterocycles. The summed E-state index contributed by atoms with van der Waals surface area (Å²) in [5.74, 6) is 0.736. The van der Waals surface area contributed by atoms with Crippen LogP contribution in [0.15, 0.2) is 18.2 Å². The fraction of sp³-hybridized carbons (Fsp3) is 0.625. The minimum atomic E-state index is -2.26. The first-order chi connectivity index (χ1) is 10.6. The Morgan fingerprint density at radius 2 is 1.91 bits per heavy atom. The molecule has 0 unspecified atom stereocenters. The molecule has 0 aliphatic carbocycles. The molecule has 3 nitrogen and oxygen atoms in total. The molecule has 0 amide bonds. The summed E-state index contributed by atoms with van der Waals surface area (Å²) < 4.78 is 30.6. The van der Waals surface area contributed by atoms with E-state index in [4.69, 9.17) is 16.3 Å². The topological polar surface area (TPSA) is 15.7 Å². The second kappa shape index (κ2) is 8.65. The zero-order valence-electron chi connectivity index (χ0n) is 12.9. The first-order valence-corrected chi connectivity index (χ1v) is 8.11. The lowest BCUT2D eigenvalue weighted by Crippen LogP contribution is -2.33. The largest absolute Gasteiger partial charge is 0.492 e. The molecule has 0 atom stereocenters. The van der Waals surface area contributed by atoms with Gasteiger partial charge in [0.1, 0.15) is 5.75 Å². The number of para-hydroxylation sites is 1. The number of benzene rings is 1. The van der Waals surface area contributed by atoms with Crippen LogP contribution in [0, 0.1) is 0 Å². The maximum atomic E-state index is 12.5. The van der Waals surface area contributed by atoms with Crippen molar-refractivity contribution >= 4 is 11.6 Å². The van der Waals surface area contributed by atoms with E-state index in [0.717, 1.165) is 43.9 Å². The number of ether oxygens (including phenoxy) is 1. The van der Waals surface area contributed by atoms with Crippen LogP contribution in [0.5, 0.6) is 5.75 Å². The molecule has 6 heteroatoms. The smallest absolute Gasteiger partial charge is 0.251 e. The Hall–Kier alpha value is -0.910. The SMILES string of the molecule is CCOc1c(Cl)cccc1CN1CCCN(CC(F)F)CC1. The van der Waals surface area contributed by atoms with Gasteiger partial charge in [-0.05, 0) is 32.5 Å². The van der Waals surface area contributed by atoms with Gasteiger partial charge in [0.05, 0.1) is 18.2 Å². The van der Waals surface area contributed by atoms with E-state index in [1.807, 2.05) is 30.0 Å². The number of hydrogen-bond donors (Lipinski definition) is 0. The maximum absolute atomic E-state index is 12.5. The lowest BCUT2D eigenvalue weighted by Gasteiger charge is -2.23. The van der Waals surface area contributed by atoms with Crippen LogP contribution in [0.2, 0.25) is 5.02 Å². The molecule has 0 saturated carbocycles. The molecule has 1 aliphatic heterocycles. The van der Waals surface area contributed by atoms with Gasteiger partial charge in [0.25, 0.3) is 6.43 Å². The highest BCUT2D eigenvalue weighted by molar-refractivity contribution is 6.32. The number of halogens is 3. The predicted molar refractivity (Wildman–Crippen MR) is 85.0 cm³/mol. The van der Waals surface area contributed by atoms with Crippen molar-refractivity contribution in [3.63, 3.8) is 0 Å². The van der Waals surface area contributed by atoms with Crippen molar-refractivity contribution in [2.24, 2.45) is 0 Å². The third-order valence-corrected chi connectivity index (χ3v) is 4.11. The Labute approximate surface area is 135 Å². The lowest BCUT2D eigenvalue weighted by atomic mass is 10.2. The molecule has 1 fully saturated rings. The molecule has 1 aliphatic rings. The summed E-state index contributed by atoms with van der Waals surface area (Å²) in [4.78, 5) is 4.12. The molecular formula is C16H23ClF2N2O. The van der Waals surface area contributed by atoms with Crippen LogP contribution in [0.3, 0.4) is 0 Å². The van der Waals surface area contributed by atoms with E-state index in [1.165, 1.54) is 0 Å². The normalized spacial score (nSPS) is 17.7. The summed E-state index contributed by atoms with van der Waals surface area (Å²) in [5, 5.41) is 0.619. The maximum Gasteiger partial charge on any atom is 0.251 e. The van der Waals surface area contributed by atoms with Crippen molar-refractivity contribution in [2.45, 2.75) is 26.3 Å². The van der Waals surface area contributed by atoms with E-state index in [1.54, 1.807) is 0 Å². The first-order valence-electron chi connectivity index (χ1n) is 7.73. The number of nitrogens with zero attached hydrogens (tertiary/aromatic N) is 2. The van der Waals surface area contributed by atoms with Crippen molar-refractivity contribution < 1.29 is 13.5 Å². The molecule has 1 aromatic carbocycles. The molecule has 1 heterocycles. The Morgan fingerprint density at radius 3 is 2.64 bits per heavy atom. The van der Waals surface area contributed by atoms with Crippen LogP contribution in [-0.2, 0) is 6.54 Å². The highest BCUT2D eigenvalue weighted by atomic mass is 35.5. The third-order valence-electron chi connectivity index (χ3n) is 3.81. The molecule has 0 N–H and O–H groups in total. The second-order valence-electron chi connectivity index (χ2n) is 5.48. The van der Waals surface area contributed by atoms with E-state index in [0.29, 0.717) is 18.2 Å². The molecule has 0 bridgehead atoms. The molecule has 124 valence electrons. The van der Waals surface area contributed by atoms with Gasteiger partial charge in [0, 0.05) is 25.2 Å². The van der Waals surface area contributed by atoms with E-state index in [9.17, 15) is 8.78 Å². The number of hydrogen-bond acceptors (Lipinski definition) is 3. The van der Waals surface area contributed by atoms with Crippen LogP contribution in [-0.4, -0.2) is 55.6 Å². The van der Waals surface area contributed by atoms with E-state index >= 15 is 0 Å². The average molecular weight is 333 g/mol. The van der Waals surface area contributed by atoms with Gasteiger partial charge in [0.15, 0.2) is 0 Å². The molecular weight excluding hydrogens is 310 g/mol. The zero-order valence-corrected chi connectivity index (χ0v) is 13.7. The van der Waals surface area contributed by atoms with Crippen molar-refractivity contribution in [1.29, 1.82) is 0 Å². The summed E-state index contributed by atoms with van der Waals surface area (Å²) >= 11 is 6.20. The minimum Gasteiger partial charge on any atom is -0.492 e. The minimum absolute atomic E-state index is 0.130. The molecule has 22 heavy (non-hydrogen) atoms. The van der Waals surface area contributed by atoms with Crippen molar-refractivity contribution in [3.8, 4) is 5.75 Å². The van der Waals surface area contributed by atoms with E-state index < -0.39 is 6.43 Å². The monoisotopic (exact) mass is 332 g/mol. The Bertz CT molecular complexity index is 473. The molecule has 0 radical (unpaired) electrons. The zero-order chi connectivity index (χ0) is 15.9. The number of alkyl halides is 2. The predicted octanol–water partition coefficient (Wildman–Crippen LogP) is 3.51. The van der Waals surface area contributed by atoms with Gasteiger partial charge >= 0.3 is 0 Å². The quantitative estimate of drug-likeness (QED) is 0.793. The highest BCUT2D eigenvalue weighted by Gasteiger charge is 2.19. The lowest BCUT2D eigenvalue weighted by molar-refractivity contribution is 0.0897. The van der Waals surface area contributed by atoms with Crippen molar-refractivity contribution in [2.75, 3.05) is 39.3 Å². The molecule has 0 aromatic heterocycles. The van der Waals surface area contributed by atoms with Crippen LogP contribution in [0.25, 0.3) is 0 Å². The van der Waals surface area contributed by atoms with Crippen LogP contribution < -0.4 is 4.74 Å². The number of rotatable bonds is 6. The third kappa shape index (κ3) is 5.07. The fourth-order valence-corrected chi connectivity index (χ4v) is 3.03. The van der Waals surface area contributed by atoms with E-state index in [2.05, 4.69) is 4.90 Å².